The van der Waals surface area contributed by atoms with Gasteiger partial charge in [0, 0.05) is 30.9 Å². The Bertz CT molecular complexity index is 364. The van der Waals surface area contributed by atoms with E-state index in [4.69, 9.17) is 0 Å². The Morgan fingerprint density at radius 2 is 1.88 bits per heavy atom. The van der Waals surface area contributed by atoms with Crippen molar-refractivity contribution in [3.63, 3.8) is 0 Å². The molecule has 0 heterocycles. The van der Waals surface area contributed by atoms with E-state index in [0.717, 1.165) is 12.6 Å². The van der Waals surface area contributed by atoms with Crippen molar-refractivity contribution in [3.8, 4) is 0 Å². The van der Waals surface area contributed by atoms with Crippen LogP contribution in [0.5, 0.6) is 0 Å². The molecule has 0 aromatic heterocycles. The van der Waals surface area contributed by atoms with Gasteiger partial charge in [-0.15, -0.1) is 0 Å². The largest absolute Gasteiger partial charge is 0.368 e. The summed E-state index contributed by atoms with van der Waals surface area (Å²) in [6.07, 6.45) is 0. The Morgan fingerprint density at radius 1 is 1.25 bits per heavy atom. The zero-order valence-corrected chi connectivity index (χ0v) is 10.1. The van der Waals surface area contributed by atoms with Gasteiger partial charge < -0.3 is 10.2 Å². The van der Waals surface area contributed by atoms with E-state index >= 15 is 0 Å². The van der Waals surface area contributed by atoms with Gasteiger partial charge in [-0.3, -0.25) is 0 Å². The highest BCUT2D eigenvalue weighted by atomic mass is 19.2. The minimum Gasteiger partial charge on any atom is -0.368 e. The standard InChI is InChI=1S/C12H18F2N2/c1-12(2,8-15-3)16(4)9-5-6-10(13)11(14)7-9/h5-7,15H,8H2,1-4H3. The zero-order chi connectivity index (χ0) is 12.3. The Hall–Kier alpha value is -1.16. The van der Waals surface area contributed by atoms with Crippen molar-refractivity contribution in [3.05, 3.63) is 29.8 Å². The molecule has 16 heavy (non-hydrogen) atoms. The quantitative estimate of drug-likeness (QED) is 0.851. The molecule has 1 rings (SSSR count). The summed E-state index contributed by atoms with van der Waals surface area (Å²) in [6, 6.07) is 3.94. The van der Waals surface area contributed by atoms with E-state index in [-0.39, 0.29) is 5.54 Å². The molecule has 1 aromatic carbocycles. The summed E-state index contributed by atoms with van der Waals surface area (Å²) in [6.45, 7) is 4.82. The maximum absolute atomic E-state index is 13.1. The molecular formula is C12H18F2N2. The predicted octanol–water partition coefficient (Wildman–Crippen LogP) is 2.40. The Kier molecular flexibility index (Phi) is 3.86. The number of nitrogens with one attached hydrogen (secondary N) is 1. The Balaban J connectivity index is 2.95. The molecule has 0 saturated carbocycles. The Labute approximate surface area is 95.3 Å². The number of anilines is 1. The molecule has 0 amide bonds. The first-order valence-corrected chi connectivity index (χ1v) is 5.22. The van der Waals surface area contributed by atoms with Crippen LogP contribution in [0.2, 0.25) is 0 Å². The van der Waals surface area contributed by atoms with Crippen molar-refractivity contribution >= 4 is 5.69 Å². The third-order valence-corrected chi connectivity index (χ3v) is 2.81. The van der Waals surface area contributed by atoms with E-state index in [2.05, 4.69) is 5.32 Å². The van der Waals surface area contributed by atoms with E-state index < -0.39 is 11.6 Å². The Morgan fingerprint density at radius 3 is 2.38 bits per heavy atom. The molecule has 0 unspecified atom stereocenters. The van der Waals surface area contributed by atoms with Crippen molar-refractivity contribution < 1.29 is 8.78 Å². The third-order valence-electron chi connectivity index (χ3n) is 2.81. The molecule has 0 spiro atoms. The molecule has 0 radical (unpaired) electrons. The van der Waals surface area contributed by atoms with Gasteiger partial charge in [0.1, 0.15) is 0 Å². The number of hydrogen-bond acceptors (Lipinski definition) is 2. The van der Waals surface area contributed by atoms with Gasteiger partial charge in [-0.2, -0.15) is 0 Å². The lowest BCUT2D eigenvalue weighted by molar-refractivity contribution is 0.460. The monoisotopic (exact) mass is 228 g/mol. The summed E-state index contributed by atoms with van der Waals surface area (Å²) in [7, 11) is 3.73. The molecule has 0 fully saturated rings. The molecule has 2 nitrogen and oxygen atoms in total. The van der Waals surface area contributed by atoms with E-state index in [1.54, 1.807) is 6.07 Å². The van der Waals surface area contributed by atoms with Crippen LogP contribution < -0.4 is 10.2 Å². The molecule has 0 aliphatic heterocycles. The topological polar surface area (TPSA) is 15.3 Å². The summed E-state index contributed by atoms with van der Waals surface area (Å²) < 4.78 is 25.9. The summed E-state index contributed by atoms with van der Waals surface area (Å²) in [5.41, 5.74) is 0.498. The number of rotatable bonds is 4. The van der Waals surface area contributed by atoms with Crippen LogP contribution in [0.4, 0.5) is 14.5 Å². The maximum Gasteiger partial charge on any atom is 0.160 e. The van der Waals surface area contributed by atoms with E-state index in [0.29, 0.717) is 5.69 Å². The minimum absolute atomic E-state index is 0.168. The lowest BCUT2D eigenvalue weighted by Gasteiger charge is -2.37. The normalized spacial score (nSPS) is 11.6. The zero-order valence-electron chi connectivity index (χ0n) is 10.1. The molecule has 0 saturated heterocycles. The van der Waals surface area contributed by atoms with Gasteiger partial charge in [-0.1, -0.05) is 0 Å². The number of benzene rings is 1. The van der Waals surface area contributed by atoms with Gasteiger partial charge in [-0.05, 0) is 33.0 Å². The molecule has 1 aromatic rings. The molecule has 4 heteroatoms. The van der Waals surface area contributed by atoms with Gasteiger partial charge >= 0.3 is 0 Å². The van der Waals surface area contributed by atoms with E-state index in [1.165, 1.54) is 6.07 Å². The lowest BCUT2D eigenvalue weighted by atomic mass is 10.0. The van der Waals surface area contributed by atoms with Crippen molar-refractivity contribution in [1.82, 2.24) is 5.32 Å². The van der Waals surface area contributed by atoms with Crippen LogP contribution >= 0.6 is 0 Å². The van der Waals surface area contributed by atoms with Crippen LogP contribution in [0.25, 0.3) is 0 Å². The highest BCUT2D eigenvalue weighted by molar-refractivity contribution is 5.48. The summed E-state index contributed by atoms with van der Waals surface area (Å²) >= 11 is 0. The number of likely N-dealkylation sites (N-methyl/N-ethyl adjacent to an activating group) is 2. The summed E-state index contributed by atoms with van der Waals surface area (Å²) in [5.74, 6) is -1.63. The van der Waals surface area contributed by atoms with E-state index in [9.17, 15) is 8.78 Å². The second-order valence-corrected chi connectivity index (χ2v) is 4.50. The van der Waals surface area contributed by atoms with Gasteiger partial charge in [0.2, 0.25) is 0 Å². The molecule has 0 aliphatic rings. The SMILES string of the molecule is CNCC(C)(C)N(C)c1ccc(F)c(F)c1. The van der Waals surface area contributed by atoms with Gasteiger partial charge in [-0.25, -0.2) is 8.78 Å². The summed E-state index contributed by atoms with van der Waals surface area (Å²) in [5, 5.41) is 3.08. The van der Waals surface area contributed by atoms with Crippen molar-refractivity contribution in [2.75, 3.05) is 25.5 Å². The van der Waals surface area contributed by atoms with Gasteiger partial charge in [0.25, 0.3) is 0 Å². The second-order valence-electron chi connectivity index (χ2n) is 4.50. The predicted molar refractivity (Wildman–Crippen MR) is 62.8 cm³/mol. The first kappa shape index (κ1) is 12.9. The van der Waals surface area contributed by atoms with Crippen LogP contribution in [0.15, 0.2) is 18.2 Å². The molecule has 0 atom stereocenters. The fraction of sp³-hybridized carbons (Fsp3) is 0.500. The average molecular weight is 228 g/mol. The molecule has 90 valence electrons. The first-order valence-electron chi connectivity index (χ1n) is 5.22. The molecular weight excluding hydrogens is 210 g/mol. The van der Waals surface area contributed by atoms with Crippen molar-refractivity contribution in [2.24, 2.45) is 0 Å². The average Bonchev–Trinajstić information content (AvgIpc) is 2.21. The van der Waals surface area contributed by atoms with Crippen molar-refractivity contribution in [2.45, 2.75) is 19.4 Å². The highest BCUT2D eigenvalue weighted by Crippen LogP contribution is 2.23. The fourth-order valence-corrected chi connectivity index (χ4v) is 1.59. The fourth-order valence-electron chi connectivity index (χ4n) is 1.59. The highest BCUT2D eigenvalue weighted by Gasteiger charge is 2.23. The van der Waals surface area contributed by atoms with Crippen molar-refractivity contribution in [1.29, 1.82) is 0 Å². The lowest BCUT2D eigenvalue weighted by Crippen LogP contribution is -2.48. The number of halogens is 2. The maximum atomic E-state index is 13.1. The van der Waals surface area contributed by atoms with Crippen LogP contribution in [0, 0.1) is 11.6 Å². The number of nitrogens with zero attached hydrogens (tertiary/aromatic N) is 1. The first-order chi connectivity index (χ1) is 7.38. The van der Waals surface area contributed by atoms with Gasteiger partial charge in [0.15, 0.2) is 11.6 Å². The van der Waals surface area contributed by atoms with Crippen LogP contribution in [-0.2, 0) is 0 Å². The summed E-state index contributed by atoms with van der Waals surface area (Å²) in [4.78, 5) is 1.92. The molecule has 1 N–H and O–H groups in total. The second kappa shape index (κ2) is 4.78. The van der Waals surface area contributed by atoms with E-state index in [1.807, 2.05) is 32.8 Å². The van der Waals surface area contributed by atoms with Crippen LogP contribution in [-0.4, -0.2) is 26.2 Å². The van der Waals surface area contributed by atoms with Crippen LogP contribution in [0.3, 0.4) is 0 Å². The minimum atomic E-state index is -0.816. The van der Waals surface area contributed by atoms with Crippen LogP contribution in [0.1, 0.15) is 13.8 Å². The third kappa shape index (κ3) is 2.70. The molecule has 0 aliphatic carbocycles. The number of hydrogen-bond donors (Lipinski definition) is 1. The molecule has 0 bridgehead atoms. The van der Waals surface area contributed by atoms with Gasteiger partial charge in [0.05, 0.1) is 0 Å². The smallest absolute Gasteiger partial charge is 0.160 e.